The first-order chi connectivity index (χ1) is 9.85. The Morgan fingerprint density at radius 2 is 2.19 bits per heavy atom. The Hall–Kier alpha value is -1.69. The van der Waals surface area contributed by atoms with Crippen molar-refractivity contribution in [2.75, 3.05) is 13.1 Å². The Morgan fingerprint density at radius 3 is 2.81 bits per heavy atom. The average molecular weight is 293 g/mol. The average Bonchev–Trinajstić information content (AvgIpc) is 2.86. The third-order valence-corrected chi connectivity index (χ3v) is 3.19. The quantitative estimate of drug-likeness (QED) is 0.857. The van der Waals surface area contributed by atoms with E-state index in [1.807, 2.05) is 27.7 Å². The molecule has 1 amide bonds. The second-order valence-electron chi connectivity index (χ2n) is 6.25. The second-order valence-corrected chi connectivity index (χ2v) is 6.25. The third-order valence-electron chi connectivity index (χ3n) is 3.19. The number of rotatable bonds is 3. The Bertz CT molecular complexity index is 473. The van der Waals surface area contributed by atoms with Crippen molar-refractivity contribution in [3.63, 3.8) is 0 Å². The topological polar surface area (TPSA) is 64.5 Å². The first-order valence-electron chi connectivity index (χ1n) is 7.24. The molecule has 2 heterocycles. The fraction of sp³-hybridized carbons (Fsp3) is 0.667. The van der Waals surface area contributed by atoms with Gasteiger partial charge in [0.1, 0.15) is 5.60 Å². The van der Waals surface area contributed by atoms with E-state index in [1.54, 1.807) is 23.5 Å². The van der Waals surface area contributed by atoms with Crippen LogP contribution >= 0.6 is 0 Å². The van der Waals surface area contributed by atoms with Crippen molar-refractivity contribution >= 4 is 6.09 Å². The number of amides is 1. The maximum atomic E-state index is 12.0. The van der Waals surface area contributed by atoms with E-state index in [4.69, 9.17) is 9.47 Å². The molecular formula is C15H23N3O3. The van der Waals surface area contributed by atoms with Crippen LogP contribution in [0.4, 0.5) is 4.79 Å². The molecule has 1 aliphatic rings. The Morgan fingerprint density at radius 1 is 1.43 bits per heavy atom. The number of aromatic nitrogens is 2. The van der Waals surface area contributed by atoms with Crippen LogP contribution in [0.2, 0.25) is 0 Å². The number of carbonyl (C=O) groups is 1. The summed E-state index contributed by atoms with van der Waals surface area (Å²) in [6.07, 6.45) is 5.39. The van der Waals surface area contributed by atoms with Crippen molar-refractivity contribution in [3.8, 4) is 0 Å². The molecule has 21 heavy (non-hydrogen) atoms. The normalized spacial score (nSPS) is 20.4. The molecular weight excluding hydrogens is 270 g/mol. The number of nitrogens with zero attached hydrogens (tertiary/aromatic N) is 3. The Kier molecular flexibility index (Phi) is 4.77. The van der Waals surface area contributed by atoms with E-state index in [1.165, 1.54) is 0 Å². The molecule has 0 N–H and O–H groups in total. The number of carbonyl (C=O) groups excluding carboxylic acids is 1. The fourth-order valence-electron chi connectivity index (χ4n) is 2.21. The summed E-state index contributed by atoms with van der Waals surface area (Å²) in [7, 11) is 0. The van der Waals surface area contributed by atoms with Crippen LogP contribution in [0.15, 0.2) is 18.6 Å². The highest BCUT2D eigenvalue weighted by Crippen LogP contribution is 2.22. The highest BCUT2D eigenvalue weighted by atomic mass is 16.6. The van der Waals surface area contributed by atoms with E-state index in [0.717, 1.165) is 12.1 Å². The molecule has 0 aromatic carbocycles. The first-order valence-corrected chi connectivity index (χ1v) is 7.24. The molecule has 1 aromatic heterocycles. The summed E-state index contributed by atoms with van der Waals surface area (Å²) in [5.41, 5.74) is 0.330. The maximum absolute atomic E-state index is 12.0. The zero-order chi connectivity index (χ0) is 15.5. The molecule has 0 aliphatic carbocycles. The standard InChI is InChI=1S/C15H23N3O3/c1-11(13-9-16-6-7-17-13)20-12-5-8-18(10-12)14(19)21-15(2,3)4/h6-7,9,11-12H,5,8,10H2,1-4H3/t11?,12-/m1/s1. The smallest absolute Gasteiger partial charge is 0.410 e. The van der Waals surface area contributed by atoms with Gasteiger partial charge in [-0.2, -0.15) is 0 Å². The molecule has 2 atom stereocenters. The Balaban J connectivity index is 1.84. The maximum Gasteiger partial charge on any atom is 0.410 e. The van der Waals surface area contributed by atoms with Crippen molar-refractivity contribution < 1.29 is 14.3 Å². The zero-order valence-electron chi connectivity index (χ0n) is 13.1. The lowest BCUT2D eigenvalue weighted by Crippen LogP contribution is -2.36. The van der Waals surface area contributed by atoms with Gasteiger partial charge in [0.05, 0.1) is 30.6 Å². The lowest BCUT2D eigenvalue weighted by molar-refractivity contribution is -0.00572. The van der Waals surface area contributed by atoms with E-state index in [-0.39, 0.29) is 18.3 Å². The Labute approximate surface area is 125 Å². The van der Waals surface area contributed by atoms with E-state index in [9.17, 15) is 4.79 Å². The highest BCUT2D eigenvalue weighted by Gasteiger charge is 2.31. The fourth-order valence-corrected chi connectivity index (χ4v) is 2.21. The van der Waals surface area contributed by atoms with Gasteiger partial charge in [0.15, 0.2) is 0 Å². The molecule has 1 aliphatic heterocycles. The first kappa shape index (κ1) is 15.7. The molecule has 0 bridgehead atoms. The molecule has 116 valence electrons. The van der Waals surface area contributed by atoms with Crippen LogP contribution < -0.4 is 0 Å². The van der Waals surface area contributed by atoms with Gasteiger partial charge in [-0.3, -0.25) is 9.97 Å². The minimum Gasteiger partial charge on any atom is -0.444 e. The lowest BCUT2D eigenvalue weighted by atomic mass is 10.2. The molecule has 1 unspecified atom stereocenters. The van der Waals surface area contributed by atoms with Gasteiger partial charge in [0, 0.05) is 18.9 Å². The number of ether oxygens (including phenoxy) is 2. The van der Waals surface area contributed by atoms with E-state index in [2.05, 4.69) is 9.97 Å². The third kappa shape index (κ3) is 4.67. The van der Waals surface area contributed by atoms with Gasteiger partial charge in [0.25, 0.3) is 0 Å². The van der Waals surface area contributed by atoms with Gasteiger partial charge in [-0.15, -0.1) is 0 Å². The van der Waals surface area contributed by atoms with Crippen molar-refractivity contribution in [3.05, 3.63) is 24.3 Å². The number of hydrogen-bond acceptors (Lipinski definition) is 5. The van der Waals surface area contributed by atoms with Crippen molar-refractivity contribution in [2.24, 2.45) is 0 Å². The molecule has 1 aromatic rings. The van der Waals surface area contributed by atoms with E-state index < -0.39 is 5.60 Å². The SMILES string of the molecule is CC(O[C@@H]1CCN(C(=O)OC(C)(C)C)C1)c1cnccn1. The van der Waals surface area contributed by atoms with Crippen LogP contribution in [-0.4, -0.2) is 45.8 Å². The minimum absolute atomic E-state index is 0.00882. The minimum atomic E-state index is -0.469. The molecule has 6 nitrogen and oxygen atoms in total. The summed E-state index contributed by atoms with van der Waals surface area (Å²) >= 11 is 0. The molecule has 0 spiro atoms. The number of hydrogen-bond donors (Lipinski definition) is 0. The van der Waals surface area contributed by atoms with Gasteiger partial charge in [0.2, 0.25) is 0 Å². The summed E-state index contributed by atoms with van der Waals surface area (Å²) in [5, 5.41) is 0. The summed E-state index contributed by atoms with van der Waals surface area (Å²) in [6.45, 7) is 8.76. The second kappa shape index (κ2) is 6.39. The summed E-state index contributed by atoms with van der Waals surface area (Å²) in [5.74, 6) is 0. The van der Waals surface area contributed by atoms with Gasteiger partial charge in [-0.1, -0.05) is 0 Å². The highest BCUT2D eigenvalue weighted by molar-refractivity contribution is 5.68. The molecule has 6 heteroatoms. The largest absolute Gasteiger partial charge is 0.444 e. The van der Waals surface area contributed by atoms with Crippen molar-refractivity contribution in [1.29, 1.82) is 0 Å². The molecule has 1 fully saturated rings. The van der Waals surface area contributed by atoms with E-state index >= 15 is 0 Å². The predicted octanol–water partition coefficient (Wildman–Crippen LogP) is 2.56. The van der Waals surface area contributed by atoms with Crippen LogP contribution in [0.3, 0.4) is 0 Å². The molecule has 1 saturated heterocycles. The molecule has 0 radical (unpaired) electrons. The van der Waals surface area contributed by atoms with Crippen LogP contribution in [-0.2, 0) is 9.47 Å². The number of likely N-dealkylation sites (tertiary alicyclic amines) is 1. The van der Waals surface area contributed by atoms with Crippen molar-refractivity contribution in [2.45, 2.75) is 51.9 Å². The lowest BCUT2D eigenvalue weighted by Gasteiger charge is -2.24. The zero-order valence-corrected chi connectivity index (χ0v) is 13.1. The van der Waals surface area contributed by atoms with Crippen molar-refractivity contribution in [1.82, 2.24) is 14.9 Å². The van der Waals surface area contributed by atoms with Gasteiger partial charge >= 0.3 is 6.09 Å². The predicted molar refractivity (Wildman–Crippen MR) is 77.7 cm³/mol. The van der Waals surface area contributed by atoms with E-state index in [0.29, 0.717) is 13.1 Å². The van der Waals surface area contributed by atoms with Crippen LogP contribution in [0.5, 0.6) is 0 Å². The summed E-state index contributed by atoms with van der Waals surface area (Å²) in [4.78, 5) is 21.9. The van der Waals surface area contributed by atoms with Gasteiger partial charge < -0.3 is 14.4 Å². The van der Waals surface area contributed by atoms with Gasteiger partial charge in [-0.05, 0) is 34.1 Å². The van der Waals surface area contributed by atoms with Crippen LogP contribution in [0.25, 0.3) is 0 Å². The van der Waals surface area contributed by atoms with Crippen LogP contribution in [0, 0.1) is 0 Å². The molecule has 0 saturated carbocycles. The molecule has 2 rings (SSSR count). The van der Waals surface area contributed by atoms with Crippen LogP contribution in [0.1, 0.15) is 45.9 Å². The monoisotopic (exact) mass is 293 g/mol. The van der Waals surface area contributed by atoms with Gasteiger partial charge in [-0.25, -0.2) is 4.79 Å². The summed E-state index contributed by atoms with van der Waals surface area (Å²) in [6, 6.07) is 0. The summed E-state index contributed by atoms with van der Waals surface area (Å²) < 4.78 is 11.3.